The van der Waals surface area contributed by atoms with E-state index < -0.39 is 12.8 Å². The second-order valence-electron chi connectivity index (χ2n) is 2.84. The van der Waals surface area contributed by atoms with Gasteiger partial charge in [0.15, 0.2) is 0 Å². The number of hydrogen-bond donors (Lipinski definition) is 0. The molecule has 0 fully saturated rings. The highest BCUT2D eigenvalue weighted by Crippen LogP contribution is 2.14. The van der Waals surface area contributed by atoms with Crippen LogP contribution in [0.4, 0.5) is 17.7 Å². The van der Waals surface area contributed by atoms with Crippen molar-refractivity contribution >= 4 is 0 Å². The summed E-state index contributed by atoms with van der Waals surface area (Å²) in [6.45, 7) is 0.100. The molecule has 0 aromatic carbocycles. The van der Waals surface area contributed by atoms with Gasteiger partial charge in [-0.25, -0.2) is 5.12 Å². The molecule has 0 radical (unpaired) electrons. The first kappa shape index (κ1) is 14.0. The molecule has 0 rings (SSSR count). The lowest BCUT2D eigenvalue weighted by molar-refractivity contribution is -0.171. The highest BCUT2D eigenvalue weighted by Gasteiger charge is 2.26. The van der Waals surface area contributed by atoms with Crippen molar-refractivity contribution in [2.75, 3.05) is 20.3 Å². The first-order valence-corrected chi connectivity index (χ1v) is 4.20. The number of nitrogens with zero attached hydrogens (tertiary/aromatic N) is 1. The van der Waals surface area contributed by atoms with Crippen LogP contribution >= 0.6 is 0 Å². The third kappa shape index (κ3) is 9.27. The molecule has 0 aliphatic heterocycles. The van der Waals surface area contributed by atoms with Crippen molar-refractivity contribution < 1.29 is 22.4 Å². The predicted molar refractivity (Wildman–Crippen MR) is 48.6 cm³/mol. The molecule has 0 atom stereocenters. The van der Waals surface area contributed by atoms with Gasteiger partial charge in [0.25, 0.3) is 0 Å². The highest BCUT2D eigenvalue weighted by molar-refractivity contribution is 5.08. The van der Waals surface area contributed by atoms with Crippen molar-refractivity contribution in [2.45, 2.75) is 13.1 Å². The lowest BCUT2D eigenvalue weighted by Crippen LogP contribution is -2.16. The molecule has 15 heavy (non-hydrogen) atoms. The maximum Gasteiger partial charge on any atom is 0.411 e. The minimum atomic E-state index is -4.31. The smallest absolute Gasteiger partial charge is 0.368 e. The standard InChI is InChI=1S/C9H13F4NO/c1-8(14(2)13)5-3-4-6-15-7-9(10,11)12/h3-5H,6-7H2,1-2H3/b4-3-,8-5+. The Hall–Kier alpha value is -1.04. The quantitative estimate of drug-likeness (QED) is 0.310. The van der Waals surface area contributed by atoms with Gasteiger partial charge >= 0.3 is 6.18 Å². The van der Waals surface area contributed by atoms with Crippen molar-refractivity contribution in [3.8, 4) is 0 Å². The molecular weight excluding hydrogens is 214 g/mol. The Labute approximate surface area is 85.8 Å². The van der Waals surface area contributed by atoms with Gasteiger partial charge in [-0.1, -0.05) is 12.2 Å². The molecule has 0 bridgehead atoms. The van der Waals surface area contributed by atoms with Crippen LogP contribution in [0.25, 0.3) is 0 Å². The van der Waals surface area contributed by atoms with E-state index in [1.54, 1.807) is 0 Å². The molecule has 0 spiro atoms. The van der Waals surface area contributed by atoms with E-state index in [1.807, 2.05) is 0 Å². The SMILES string of the molecule is C/C(=C\C=C/COCC(F)(F)F)N(C)F. The maximum absolute atomic E-state index is 12.4. The van der Waals surface area contributed by atoms with Crippen molar-refractivity contribution in [3.05, 3.63) is 23.9 Å². The average molecular weight is 227 g/mol. The van der Waals surface area contributed by atoms with Gasteiger partial charge in [-0.3, -0.25) is 0 Å². The van der Waals surface area contributed by atoms with E-state index >= 15 is 0 Å². The van der Waals surface area contributed by atoms with Crippen molar-refractivity contribution in [2.24, 2.45) is 0 Å². The van der Waals surface area contributed by atoms with Crippen LogP contribution in [0, 0.1) is 0 Å². The second-order valence-corrected chi connectivity index (χ2v) is 2.84. The summed E-state index contributed by atoms with van der Waals surface area (Å²) >= 11 is 0. The normalized spacial score (nSPS) is 13.6. The molecule has 0 N–H and O–H groups in total. The first-order chi connectivity index (χ1) is 6.83. The van der Waals surface area contributed by atoms with Crippen LogP contribution in [0.3, 0.4) is 0 Å². The van der Waals surface area contributed by atoms with E-state index in [0.29, 0.717) is 10.8 Å². The molecule has 0 aliphatic carbocycles. The molecule has 0 unspecified atom stereocenters. The molecule has 6 heteroatoms. The molecule has 0 amide bonds. The van der Waals surface area contributed by atoms with E-state index in [1.165, 1.54) is 32.2 Å². The Morgan fingerprint density at radius 3 is 2.47 bits per heavy atom. The molecule has 0 saturated carbocycles. The zero-order valence-corrected chi connectivity index (χ0v) is 8.51. The van der Waals surface area contributed by atoms with Crippen molar-refractivity contribution in [3.63, 3.8) is 0 Å². The van der Waals surface area contributed by atoms with Crippen LogP contribution in [0.2, 0.25) is 0 Å². The number of alkyl halides is 3. The van der Waals surface area contributed by atoms with Gasteiger partial charge in [0.1, 0.15) is 6.61 Å². The van der Waals surface area contributed by atoms with Crippen molar-refractivity contribution in [1.29, 1.82) is 0 Å². The van der Waals surface area contributed by atoms with E-state index in [0.717, 1.165) is 0 Å². The van der Waals surface area contributed by atoms with Crippen LogP contribution in [0.15, 0.2) is 23.9 Å². The van der Waals surface area contributed by atoms with Crippen molar-refractivity contribution in [1.82, 2.24) is 5.12 Å². The molecule has 88 valence electrons. The molecule has 0 aromatic heterocycles. The number of allylic oxidation sites excluding steroid dienone is 3. The monoisotopic (exact) mass is 227 g/mol. The van der Waals surface area contributed by atoms with Gasteiger partial charge < -0.3 is 4.74 Å². The third-order valence-electron chi connectivity index (χ3n) is 1.44. The molecule has 0 aliphatic rings. The zero-order chi connectivity index (χ0) is 11.9. The fourth-order valence-corrected chi connectivity index (χ4v) is 0.608. The zero-order valence-electron chi connectivity index (χ0n) is 8.51. The molecule has 0 aromatic rings. The second kappa shape index (κ2) is 6.44. The van der Waals surface area contributed by atoms with Crippen LogP contribution in [0.5, 0.6) is 0 Å². The molecule has 0 heterocycles. The van der Waals surface area contributed by atoms with Crippen LogP contribution in [0.1, 0.15) is 6.92 Å². The maximum atomic E-state index is 12.4. The van der Waals surface area contributed by atoms with E-state index in [-0.39, 0.29) is 6.61 Å². The number of hydrogen-bond acceptors (Lipinski definition) is 2. The first-order valence-electron chi connectivity index (χ1n) is 4.20. The lowest BCUT2D eigenvalue weighted by atomic mass is 10.4. The lowest BCUT2D eigenvalue weighted by Gasteiger charge is -2.05. The summed E-state index contributed by atoms with van der Waals surface area (Å²) in [5.41, 5.74) is 0.349. The number of halogens is 4. The topological polar surface area (TPSA) is 12.5 Å². The van der Waals surface area contributed by atoms with Crippen LogP contribution in [-0.4, -0.2) is 31.6 Å². The fraction of sp³-hybridized carbons (Fsp3) is 0.556. The average Bonchev–Trinajstić information content (AvgIpc) is 2.08. The molecule has 2 nitrogen and oxygen atoms in total. The Bertz CT molecular complexity index is 233. The Morgan fingerprint density at radius 2 is 2.00 bits per heavy atom. The summed E-state index contributed by atoms with van der Waals surface area (Å²) in [5, 5.41) is 0.404. The molecular formula is C9H13F4NO. The fourth-order valence-electron chi connectivity index (χ4n) is 0.608. The van der Waals surface area contributed by atoms with Gasteiger partial charge in [-0.2, -0.15) is 13.2 Å². The molecule has 0 saturated heterocycles. The summed E-state index contributed by atoms with van der Waals surface area (Å²) in [5.74, 6) is 0. The Kier molecular flexibility index (Phi) is 6.00. The van der Waals surface area contributed by atoms with Gasteiger partial charge in [-0.05, 0) is 13.0 Å². The van der Waals surface area contributed by atoms with E-state index in [9.17, 15) is 17.7 Å². The van der Waals surface area contributed by atoms with Crippen LogP contribution < -0.4 is 0 Å². The minimum Gasteiger partial charge on any atom is -0.368 e. The predicted octanol–water partition coefficient (Wildman–Crippen LogP) is 2.84. The van der Waals surface area contributed by atoms with E-state index in [2.05, 4.69) is 4.74 Å². The van der Waals surface area contributed by atoms with Gasteiger partial charge in [-0.15, -0.1) is 4.48 Å². The Morgan fingerprint density at radius 1 is 1.40 bits per heavy atom. The Balaban J connectivity index is 3.69. The summed E-state index contributed by atoms with van der Waals surface area (Å²) in [6.07, 6.45) is -0.0732. The third-order valence-corrected chi connectivity index (χ3v) is 1.44. The highest BCUT2D eigenvalue weighted by atomic mass is 19.4. The summed E-state index contributed by atoms with van der Waals surface area (Å²) < 4.78 is 51.4. The summed E-state index contributed by atoms with van der Waals surface area (Å²) in [4.78, 5) is 0. The van der Waals surface area contributed by atoms with Gasteiger partial charge in [0.2, 0.25) is 0 Å². The van der Waals surface area contributed by atoms with Gasteiger partial charge in [0.05, 0.1) is 6.61 Å². The minimum absolute atomic E-state index is 0.153. The van der Waals surface area contributed by atoms with Gasteiger partial charge in [0, 0.05) is 12.7 Å². The summed E-state index contributed by atoms with van der Waals surface area (Å²) in [6, 6.07) is 0. The summed E-state index contributed by atoms with van der Waals surface area (Å²) in [7, 11) is 1.22. The number of ether oxygens (including phenoxy) is 1. The number of rotatable bonds is 5. The van der Waals surface area contributed by atoms with E-state index in [4.69, 9.17) is 0 Å². The van der Waals surface area contributed by atoms with Crippen LogP contribution in [-0.2, 0) is 4.74 Å². The largest absolute Gasteiger partial charge is 0.411 e.